The zero-order valence-corrected chi connectivity index (χ0v) is 9.88. The van der Waals surface area contributed by atoms with Crippen molar-refractivity contribution >= 4 is 5.69 Å². The topological polar surface area (TPSA) is 68.3 Å². The Morgan fingerprint density at radius 3 is 2.39 bits per heavy atom. The number of rotatable bonds is 3. The highest BCUT2D eigenvalue weighted by Crippen LogP contribution is 2.33. The fourth-order valence-electron chi connectivity index (χ4n) is 1.53. The molecule has 18 heavy (non-hydrogen) atoms. The van der Waals surface area contributed by atoms with Gasteiger partial charge in [0.2, 0.25) is 0 Å². The van der Waals surface area contributed by atoms with Crippen LogP contribution in [0.2, 0.25) is 0 Å². The van der Waals surface area contributed by atoms with Gasteiger partial charge in [0.05, 0.1) is 24.4 Å². The van der Waals surface area contributed by atoms with Crippen LogP contribution in [0, 0.1) is 11.3 Å². The van der Waals surface area contributed by atoms with Crippen LogP contribution in [0.25, 0.3) is 0 Å². The van der Waals surface area contributed by atoms with Gasteiger partial charge in [-0.15, -0.1) is 0 Å². The van der Waals surface area contributed by atoms with Crippen molar-refractivity contribution in [2.45, 2.75) is 0 Å². The summed E-state index contributed by atoms with van der Waals surface area (Å²) >= 11 is 0. The molecule has 0 aliphatic heterocycles. The first-order chi connectivity index (χ1) is 8.74. The monoisotopic (exact) mass is 240 g/mol. The lowest BCUT2D eigenvalue weighted by Crippen LogP contribution is -1.94. The molecule has 0 saturated carbocycles. The standard InChI is InChI=1S/C14H12N2O2/c1-17-13-4-2-3-5-14(13)18-12-7-6-10(9-15)8-11(12)16/h2-8H,16H2,1H3. The third-order valence-corrected chi connectivity index (χ3v) is 2.43. The molecule has 0 aromatic heterocycles. The number of nitrogens with zero attached hydrogens (tertiary/aromatic N) is 1. The first-order valence-corrected chi connectivity index (χ1v) is 5.35. The highest BCUT2D eigenvalue weighted by atomic mass is 16.5. The summed E-state index contributed by atoms with van der Waals surface area (Å²) in [6.07, 6.45) is 0. The molecule has 2 N–H and O–H groups in total. The van der Waals surface area contributed by atoms with E-state index in [2.05, 4.69) is 0 Å². The van der Waals surface area contributed by atoms with Crippen molar-refractivity contribution in [3.63, 3.8) is 0 Å². The molecular formula is C14H12N2O2. The van der Waals surface area contributed by atoms with Crippen LogP contribution < -0.4 is 15.2 Å². The van der Waals surface area contributed by atoms with Crippen molar-refractivity contribution in [3.8, 4) is 23.3 Å². The quantitative estimate of drug-likeness (QED) is 0.837. The zero-order valence-electron chi connectivity index (χ0n) is 9.88. The molecular weight excluding hydrogens is 228 g/mol. The van der Waals surface area contributed by atoms with Gasteiger partial charge in [0.25, 0.3) is 0 Å². The molecule has 0 unspecified atom stereocenters. The fraction of sp³-hybridized carbons (Fsp3) is 0.0714. The molecule has 0 fully saturated rings. The van der Waals surface area contributed by atoms with E-state index in [0.717, 1.165) is 0 Å². The lowest BCUT2D eigenvalue weighted by Gasteiger charge is -2.11. The van der Waals surface area contributed by atoms with Gasteiger partial charge in [-0.3, -0.25) is 0 Å². The number of benzene rings is 2. The van der Waals surface area contributed by atoms with E-state index in [1.54, 1.807) is 37.4 Å². The van der Waals surface area contributed by atoms with Crippen molar-refractivity contribution in [1.82, 2.24) is 0 Å². The number of nitrogens with two attached hydrogens (primary N) is 1. The molecule has 0 bridgehead atoms. The molecule has 0 amide bonds. The Morgan fingerprint density at radius 1 is 1.06 bits per heavy atom. The smallest absolute Gasteiger partial charge is 0.169 e. The van der Waals surface area contributed by atoms with E-state index in [1.807, 2.05) is 18.2 Å². The highest BCUT2D eigenvalue weighted by molar-refractivity contribution is 5.58. The Bertz CT molecular complexity index is 603. The van der Waals surface area contributed by atoms with Crippen LogP contribution in [0.1, 0.15) is 5.56 Å². The van der Waals surface area contributed by atoms with Gasteiger partial charge in [-0.1, -0.05) is 12.1 Å². The van der Waals surface area contributed by atoms with E-state index in [-0.39, 0.29) is 0 Å². The van der Waals surface area contributed by atoms with Gasteiger partial charge in [0.15, 0.2) is 17.2 Å². The minimum absolute atomic E-state index is 0.417. The van der Waals surface area contributed by atoms with Crippen molar-refractivity contribution in [3.05, 3.63) is 48.0 Å². The minimum atomic E-state index is 0.417. The van der Waals surface area contributed by atoms with Crippen LogP contribution in [-0.2, 0) is 0 Å². The van der Waals surface area contributed by atoms with Crippen LogP contribution in [0.15, 0.2) is 42.5 Å². The number of nitrogen functional groups attached to an aromatic ring is 1. The number of ether oxygens (including phenoxy) is 2. The number of para-hydroxylation sites is 2. The lowest BCUT2D eigenvalue weighted by molar-refractivity contribution is 0.379. The SMILES string of the molecule is COc1ccccc1Oc1ccc(C#N)cc1N. The summed E-state index contributed by atoms with van der Waals surface area (Å²) < 4.78 is 10.9. The van der Waals surface area contributed by atoms with Crippen molar-refractivity contribution in [1.29, 1.82) is 5.26 Å². The maximum Gasteiger partial charge on any atom is 0.169 e. The first-order valence-electron chi connectivity index (χ1n) is 5.35. The van der Waals surface area contributed by atoms with E-state index in [1.165, 1.54) is 0 Å². The summed E-state index contributed by atoms with van der Waals surface area (Å²) in [7, 11) is 1.57. The van der Waals surface area contributed by atoms with Crippen LogP contribution in [0.4, 0.5) is 5.69 Å². The van der Waals surface area contributed by atoms with Gasteiger partial charge < -0.3 is 15.2 Å². The number of hydrogen-bond donors (Lipinski definition) is 1. The van der Waals surface area contributed by atoms with Gasteiger partial charge >= 0.3 is 0 Å². The number of hydrogen-bond acceptors (Lipinski definition) is 4. The molecule has 0 saturated heterocycles. The molecule has 0 atom stereocenters. The van der Waals surface area contributed by atoms with Gasteiger partial charge in [-0.2, -0.15) is 5.26 Å². The van der Waals surface area contributed by atoms with Crippen LogP contribution in [-0.4, -0.2) is 7.11 Å². The van der Waals surface area contributed by atoms with E-state index in [9.17, 15) is 0 Å². The average molecular weight is 240 g/mol. The van der Waals surface area contributed by atoms with E-state index >= 15 is 0 Å². The van der Waals surface area contributed by atoms with Gasteiger partial charge in [-0.25, -0.2) is 0 Å². The van der Waals surface area contributed by atoms with Crippen LogP contribution in [0.5, 0.6) is 17.2 Å². The third-order valence-electron chi connectivity index (χ3n) is 2.43. The molecule has 4 heteroatoms. The summed E-state index contributed by atoms with van der Waals surface area (Å²) in [5.41, 5.74) is 6.74. The predicted octanol–water partition coefficient (Wildman–Crippen LogP) is 2.94. The summed E-state index contributed by atoms with van der Waals surface area (Å²) in [5, 5.41) is 8.76. The van der Waals surface area contributed by atoms with Crippen molar-refractivity contribution in [2.75, 3.05) is 12.8 Å². The Hall–Kier alpha value is -2.67. The summed E-state index contributed by atoms with van der Waals surface area (Å²) in [6.45, 7) is 0. The molecule has 0 aliphatic carbocycles. The average Bonchev–Trinajstić information content (AvgIpc) is 2.41. The van der Waals surface area contributed by atoms with Crippen molar-refractivity contribution < 1.29 is 9.47 Å². The summed E-state index contributed by atoms with van der Waals surface area (Å²) in [6, 6.07) is 14.2. The molecule has 0 heterocycles. The van der Waals surface area contributed by atoms with Crippen LogP contribution >= 0.6 is 0 Å². The number of nitriles is 1. The zero-order chi connectivity index (χ0) is 13.0. The highest BCUT2D eigenvalue weighted by Gasteiger charge is 2.07. The molecule has 90 valence electrons. The Balaban J connectivity index is 2.32. The Kier molecular flexibility index (Phi) is 3.35. The van der Waals surface area contributed by atoms with Crippen LogP contribution in [0.3, 0.4) is 0 Å². The normalized spacial score (nSPS) is 9.56. The predicted molar refractivity (Wildman–Crippen MR) is 68.6 cm³/mol. The summed E-state index contributed by atoms with van der Waals surface area (Å²) in [5.74, 6) is 1.70. The maximum absolute atomic E-state index is 8.76. The molecule has 0 radical (unpaired) electrons. The third kappa shape index (κ3) is 2.36. The second-order valence-corrected chi connectivity index (χ2v) is 3.62. The largest absolute Gasteiger partial charge is 0.493 e. The summed E-state index contributed by atoms with van der Waals surface area (Å²) in [4.78, 5) is 0. The maximum atomic E-state index is 8.76. The second kappa shape index (κ2) is 5.11. The van der Waals surface area contributed by atoms with Gasteiger partial charge in [0.1, 0.15) is 0 Å². The minimum Gasteiger partial charge on any atom is -0.493 e. The Labute approximate surface area is 105 Å². The Morgan fingerprint density at radius 2 is 1.78 bits per heavy atom. The van der Waals surface area contributed by atoms with Gasteiger partial charge in [0, 0.05) is 0 Å². The van der Waals surface area contributed by atoms with Gasteiger partial charge in [-0.05, 0) is 30.3 Å². The molecule has 0 spiro atoms. The van der Waals surface area contributed by atoms with E-state index in [4.69, 9.17) is 20.5 Å². The van der Waals surface area contributed by atoms with E-state index < -0.39 is 0 Å². The molecule has 0 aliphatic rings. The first kappa shape index (κ1) is 11.8. The lowest BCUT2D eigenvalue weighted by atomic mass is 10.2. The fourth-order valence-corrected chi connectivity index (χ4v) is 1.53. The second-order valence-electron chi connectivity index (χ2n) is 3.62. The molecule has 2 aromatic carbocycles. The molecule has 4 nitrogen and oxygen atoms in total. The number of anilines is 1. The van der Waals surface area contributed by atoms with E-state index in [0.29, 0.717) is 28.5 Å². The number of methoxy groups -OCH3 is 1. The molecule has 2 rings (SSSR count). The van der Waals surface area contributed by atoms with Crippen molar-refractivity contribution in [2.24, 2.45) is 0 Å². The molecule has 2 aromatic rings.